The number of hydrogen-bond acceptors (Lipinski definition) is 5. The van der Waals surface area contributed by atoms with E-state index in [0.29, 0.717) is 12.2 Å². The second kappa shape index (κ2) is 7.22. The summed E-state index contributed by atoms with van der Waals surface area (Å²) >= 11 is 0. The molecule has 7 heteroatoms. The van der Waals surface area contributed by atoms with Crippen LogP contribution >= 0.6 is 0 Å². The summed E-state index contributed by atoms with van der Waals surface area (Å²) < 4.78 is 27.8. The number of nitrogens with one attached hydrogen (secondary N) is 1. The van der Waals surface area contributed by atoms with Crippen molar-refractivity contribution in [3.05, 3.63) is 29.8 Å². The maximum absolute atomic E-state index is 11.6. The van der Waals surface area contributed by atoms with E-state index in [1.54, 1.807) is 18.2 Å². The number of nitrogens with two attached hydrogens (primary N) is 1. The molecule has 0 saturated heterocycles. The molecular weight excluding hydrogens is 268 g/mol. The van der Waals surface area contributed by atoms with Crippen LogP contribution in [0.3, 0.4) is 0 Å². The van der Waals surface area contributed by atoms with Crippen molar-refractivity contribution in [1.82, 2.24) is 0 Å². The molecule has 6 nitrogen and oxygen atoms in total. The lowest BCUT2D eigenvalue weighted by Crippen LogP contribution is -2.26. The fourth-order valence-electron chi connectivity index (χ4n) is 1.46. The maximum Gasteiger partial charge on any atom is 0.239 e. The topological polar surface area (TPSA) is 98.5 Å². The standard InChI is InChI=1S/C12H18N2O4S/c1-18-5-6-19(16,17)9-12(15)14-11-4-2-3-10(7-11)8-13/h2-4,7H,5-6,8-9,13H2,1H3,(H,14,15). The van der Waals surface area contributed by atoms with Gasteiger partial charge in [0.25, 0.3) is 0 Å². The third-order valence-electron chi connectivity index (χ3n) is 2.40. The van der Waals surface area contributed by atoms with Gasteiger partial charge in [0.2, 0.25) is 5.91 Å². The van der Waals surface area contributed by atoms with Gasteiger partial charge in [-0.3, -0.25) is 4.79 Å². The first-order valence-electron chi connectivity index (χ1n) is 5.75. The zero-order valence-electron chi connectivity index (χ0n) is 10.8. The second-order valence-electron chi connectivity index (χ2n) is 4.04. The second-order valence-corrected chi connectivity index (χ2v) is 6.22. The van der Waals surface area contributed by atoms with Crippen LogP contribution in [0.25, 0.3) is 0 Å². The largest absolute Gasteiger partial charge is 0.384 e. The van der Waals surface area contributed by atoms with Crippen molar-refractivity contribution in [3.8, 4) is 0 Å². The third-order valence-corrected chi connectivity index (χ3v) is 3.89. The Hall–Kier alpha value is -1.44. The van der Waals surface area contributed by atoms with Crippen molar-refractivity contribution in [2.75, 3.05) is 30.5 Å². The Bertz CT molecular complexity index is 528. The molecule has 0 fully saturated rings. The van der Waals surface area contributed by atoms with Gasteiger partial charge in [0.1, 0.15) is 5.75 Å². The van der Waals surface area contributed by atoms with Gasteiger partial charge in [0.05, 0.1) is 12.4 Å². The lowest BCUT2D eigenvalue weighted by Gasteiger charge is -2.07. The minimum absolute atomic E-state index is 0.0816. The normalized spacial score (nSPS) is 11.3. The van der Waals surface area contributed by atoms with Crippen molar-refractivity contribution in [1.29, 1.82) is 0 Å². The molecule has 0 atom stereocenters. The first kappa shape index (κ1) is 15.6. The van der Waals surface area contributed by atoms with E-state index in [9.17, 15) is 13.2 Å². The van der Waals surface area contributed by atoms with Crippen LogP contribution in [0.15, 0.2) is 24.3 Å². The molecule has 0 saturated carbocycles. The van der Waals surface area contributed by atoms with Crippen LogP contribution in [0.2, 0.25) is 0 Å². The molecule has 0 aliphatic carbocycles. The molecule has 1 amide bonds. The number of hydrogen-bond donors (Lipinski definition) is 2. The highest BCUT2D eigenvalue weighted by atomic mass is 32.2. The van der Waals surface area contributed by atoms with Crippen LogP contribution in [0.1, 0.15) is 5.56 Å². The first-order valence-corrected chi connectivity index (χ1v) is 7.57. The maximum atomic E-state index is 11.6. The van der Waals surface area contributed by atoms with Gasteiger partial charge in [0, 0.05) is 19.3 Å². The van der Waals surface area contributed by atoms with E-state index in [-0.39, 0.29) is 12.4 Å². The number of anilines is 1. The van der Waals surface area contributed by atoms with Crippen LogP contribution < -0.4 is 11.1 Å². The van der Waals surface area contributed by atoms with Crippen LogP contribution in [0.4, 0.5) is 5.69 Å². The molecule has 19 heavy (non-hydrogen) atoms. The minimum atomic E-state index is -3.44. The van der Waals surface area contributed by atoms with Gasteiger partial charge < -0.3 is 15.8 Å². The highest BCUT2D eigenvalue weighted by Gasteiger charge is 2.16. The summed E-state index contributed by atoms with van der Waals surface area (Å²) in [5, 5.41) is 2.53. The number of rotatable bonds is 7. The zero-order valence-corrected chi connectivity index (χ0v) is 11.6. The minimum Gasteiger partial charge on any atom is -0.384 e. The number of sulfone groups is 1. The van der Waals surface area contributed by atoms with Crippen LogP contribution in [0, 0.1) is 0 Å². The smallest absolute Gasteiger partial charge is 0.239 e. The third kappa shape index (κ3) is 5.82. The quantitative estimate of drug-likeness (QED) is 0.743. The summed E-state index contributed by atoms with van der Waals surface area (Å²) in [5.41, 5.74) is 6.88. The average Bonchev–Trinajstić information content (AvgIpc) is 2.36. The van der Waals surface area contributed by atoms with E-state index in [4.69, 9.17) is 5.73 Å². The molecule has 0 aromatic heterocycles. The predicted octanol–water partition coefficient (Wildman–Crippen LogP) is 0.145. The van der Waals surface area contributed by atoms with Crippen molar-refractivity contribution in [3.63, 3.8) is 0 Å². The van der Waals surface area contributed by atoms with Gasteiger partial charge >= 0.3 is 0 Å². The van der Waals surface area contributed by atoms with Crippen LogP contribution in [-0.4, -0.2) is 39.5 Å². The summed E-state index contributed by atoms with van der Waals surface area (Å²) in [7, 11) is -2.03. The summed E-state index contributed by atoms with van der Waals surface area (Å²) in [5.74, 6) is -1.28. The first-order chi connectivity index (χ1) is 8.96. The van der Waals surface area contributed by atoms with E-state index in [2.05, 4.69) is 10.1 Å². The molecule has 0 spiro atoms. The van der Waals surface area contributed by atoms with Gasteiger partial charge in [0.15, 0.2) is 9.84 Å². The van der Waals surface area contributed by atoms with Gasteiger partial charge in [-0.1, -0.05) is 12.1 Å². The molecule has 0 bridgehead atoms. The number of methoxy groups -OCH3 is 1. The Kier molecular flexibility index (Phi) is 5.94. The van der Waals surface area contributed by atoms with Gasteiger partial charge in [-0.25, -0.2) is 8.42 Å². The lowest BCUT2D eigenvalue weighted by atomic mass is 10.2. The Morgan fingerprint density at radius 2 is 2.16 bits per heavy atom. The average molecular weight is 286 g/mol. The SMILES string of the molecule is COCCS(=O)(=O)CC(=O)Nc1cccc(CN)c1. The molecule has 0 aliphatic rings. The number of ether oxygens (including phenoxy) is 1. The van der Waals surface area contributed by atoms with Crippen LogP contribution in [0.5, 0.6) is 0 Å². The fourth-order valence-corrected chi connectivity index (χ4v) is 2.49. The molecule has 1 aromatic carbocycles. The number of amides is 1. The van der Waals surface area contributed by atoms with E-state index in [0.717, 1.165) is 5.56 Å². The van der Waals surface area contributed by atoms with Crippen molar-refractivity contribution in [2.45, 2.75) is 6.54 Å². The molecule has 106 valence electrons. The van der Waals surface area contributed by atoms with Gasteiger partial charge in [-0.15, -0.1) is 0 Å². The Balaban J connectivity index is 2.59. The molecule has 0 unspecified atom stereocenters. The Morgan fingerprint density at radius 1 is 1.42 bits per heavy atom. The van der Waals surface area contributed by atoms with E-state index in [1.165, 1.54) is 7.11 Å². The summed E-state index contributed by atoms with van der Waals surface area (Å²) in [6, 6.07) is 6.96. The highest BCUT2D eigenvalue weighted by molar-refractivity contribution is 7.92. The Labute approximate surface area is 112 Å². The molecule has 0 heterocycles. The van der Waals surface area contributed by atoms with E-state index in [1.807, 2.05) is 6.07 Å². The van der Waals surface area contributed by atoms with Gasteiger partial charge in [-0.2, -0.15) is 0 Å². The van der Waals surface area contributed by atoms with Crippen molar-refractivity contribution >= 4 is 21.4 Å². The summed E-state index contributed by atoms with van der Waals surface area (Å²) in [4.78, 5) is 11.6. The fraction of sp³-hybridized carbons (Fsp3) is 0.417. The van der Waals surface area contributed by atoms with E-state index >= 15 is 0 Å². The monoisotopic (exact) mass is 286 g/mol. The molecule has 0 radical (unpaired) electrons. The molecule has 3 N–H and O–H groups in total. The summed E-state index contributed by atoms with van der Waals surface area (Å²) in [6.07, 6.45) is 0. The predicted molar refractivity (Wildman–Crippen MR) is 73.5 cm³/mol. The molecular formula is C12H18N2O4S. The number of carbonyl (C=O) groups is 1. The molecule has 0 aliphatic heterocycles. The lowest BCUT2D eigenvalue weighted by molar-refractivity contribution is -0.113. The van der Waals surface area contributed by atoms with Crippen molar-refractivity contribution in [2.24, 2.45) is 5.73 Å². The van der Waals surface area contributed by atoms with Crippen molar-refractivity contribution < 1.29 is 17.9 Å². The highest BCUT2D eigenvalue weighted by Crippen LogP contribution is 2.10. The summed E-state index contributed by atoms with van der Waals surface area (Å²) in [6.45, 7) is 0.439. The van der Waals surface area contributed by atoms with Crippen LogP contribution in [-0.2, 0) is 25.9 Å². The van der Waals surface area contributed by atoms with Gasteiger partial charge in [-0.05, 0) is 17.7 Å². The Morgan fingerprint density at radius 3 is 2.79 bits per heavy atom. The molecule has 1 rings (SSSR count). The number of benzene rings is 1. The number of carbonyl (C=O) groups excluding carboxylic acids is 1. The molecule has 1 aromatic rings. The van der Waals surface area contributed by atoms with E-state index < -0.39 is 21.5 Å². The zero-order chi connectivity index (χ0) is 14.3.